The Hall–Kier alpha value is -4.75. The van der Waals surface area contributed by atoms with Gasteiger partial charge in [0.1, 0.15) is 6.04 Å². The van der Waals surface area contributed by atoms with Gasteiger partial charge in [-0.1, -0.05) is 99.9 Å². The number of benzene rings is 2. The molecule has 52 heavy (non-hydrogen) atoms. The number of urea groups is 1. The van der Waals surface area contributed by atoms with Crippen molar-refractivity contribution in [3.8, 4) is 0 Å². The summed E-state index contributed by atoms with van der Waals surface area (Å²) in [6.45, 7) is 8.30. The zero-order valence-corrected chi connectivity index (χ0v) is 31.5. The Labute approximate surface area is 310 Å². The van der Waals surface area contributed by atoms with Crippen LogP contribution in [0, 0.1) is 11.8 Å². The van der Waals surface area contributed by atoms with Crippen LogP contribution in [0.2, 0.25) is 0 Å². The zero-order valence-electron chi connectivity index (χ0n) is 30.7. The van der Waals surface area contributed by atoms with Crippen LogP contribution in [0.15, 0.2) is 82.8 Å². The van der Waals surface area contributed by atoms with E-state index in [1.807, 2.05) is 79.9 Å². The van der Waals surface area contributed by atoms with Gasteiger partial charge in [0.25, 0.3) is 0 Å². The van der Waals surface area contributed by atoms with Gasteiger partial charge in [0.15, 0.2) is 12.4 Å². The number of hydrogen-bond acceptors (Lipinski definition) is 9. The molecule has 0 aliphatic rings. The number of amides is 4. The van der Waals surface area contributed by atoms with E-state index in [1.165, 1.54) is 11.1 Å². The molecule has 0 saturated heterocycles. The predicted octanol–water partition coefficient (Wildman–Crippen LogP) is 5.90. The summed E-state index contributed by atoms with van der Waals surface area (Å²) in [6.07, 6.45) is 2.49. The van der Waals surface area contributed by atoms with Crippen LogP contribution >= 0.6 is 11.3 Å². The lowest BCUT2D eigenvalue weighted by Crippen LogP contribution is -2.55. The van der Waals surface area contributed by atoms with Crippen molar-refractivity contribution >= 4 is 29.4 Å². The number of carbonyl (C=O) groups excluding carboxylic acids is 3. The third-order valence-electron chi connectivity index (χ3n) is 8.89. The second-order valence-electron chi connectivity index (χ2n) is 13.7. The van der Waals surface area contributed by atoms with Gasteiger partial charge in [-0.05, 0) is 42.2 Å². The van der Waals surface area contributed by atoms with Crippen molar-refractivity contribution in [3.63, 3.8) is 0 Å². The first-order valence-electron chi connectivity index (χ1n) is 17.8. The van der Waals surface area contributed by atoms with E-state index in [4.69, 9.17) is 14.2 Å². The molecule has 4 N–H and O–H groups in total. The molecule has 0 aliphatic heterocycles. The van der Waals surface area contributed by atoms with Crippen molar-refractivity contribution in [1.29, 1.82) is 0 Å². The van der Waals surface area contributed by atoms with Gasteiger partial charge in [-0.3, -0.25) is 4.79 Å². The molecule has 4 aromatic rings. The van der Waals surface area contributed by atoms with Gasteiger partial charge in [0.05, 0.1) is 35.6 Å². The SMILES string of the molecule is CCC(C)Cc1nc(CN(C)C(=O)N[C@H](C(=O)N[C@@H](Cc2ccccc2)C[C@H](O)[C@H](Cc2ccccc2)NC(=O)OCc2ccno2)C(C)C)cs1. The van der Waals surface area contributed by atoms with Gasteiger partial charge in [-0.25, -0.2) is 14.6 Å². The molecule has 0 spiro atoms. The minimum atomic E-state index is -1.08. The molecule has 12 nitrogen and oxygen atoms in total. The summed E-state index contributed by atoms with van der Waals surface area (Å²) in [4.78, 5) is 46.4. The van der Waals surface area contributed by atoms with Crippen LogP contribution in [0.25, 0.3) is 0 Å². The van der Waals surface area contributed by atoms with Gasteiger partial charge in [-0.15, -0.1) is 11.3 Å². The first-order valence-corrected chi connectivity index (χ1v) is 18.7. The quantitative estimate of drug-likeness (QED) is 0.0928. The monoisotopic (exact) mass is 732 g/mol. The number of aliphatic hydroxyl groups excluding tert-OH is 1. The van der Waals surface area contributed by atoms with Crippen molar-refractivity contribution in [1.82, 2.24) is 31.0 Å². The minimum absolute atomic E-state index is 0.113. The van der Waals surface area contributed by atoms with Gasteiger partial charge < -0.3 is 35.2 Å². The molecule has 13 heteroatoms. The molecular formula is C39H52N6O6S. The van der Waals surface area contributed by atoms with Crippen LogP contribution in [0.3, 0.4) is 0 Å². The van der Waals surface area contributed by atoms with E-state index in [-0.39, 0.29) is 30.9 Å². The largest absolute Gasteiger partial charge is 0.441 e. The van der Waals surface area contributed by atoms with Crippen LogP contribution in [-0.4, -0.2) is 69.5 Å². The van der Waals surface area contributed by atoms with Crippen molar-refractivity contribution < 1.29 is 28.8 Å². The van der Waals surface area contributed by atoms with Crippen LogP contribution < -0.4 is 16.0 Å². The summed E-state index contributed by atoms with van der Waals surface area (Å²) < 4.78 is 10.3. The maximum atomic E-state index is 13.9. The maximum absolute atomic E-state index is 13.9. The first-order chi connectivity index (χ1) is 25.0. The average Bonchev–Trinajstić information content (AvgIpc) is 3.82. The zero-order chi connectivity index (χ0) is 37.5. The average molecular weight is 733 g/mol. The maximum Gasteiger partial charge on any atom is 0.407 e. The second kappa shape index (κ2) is 20.3. The molecule has 0 saturated carbocycles. The molecule has 2 aromatic carbocycles. The van der Waals surface area contributed by atoms with Gasteiger partial charge in [0, 0.05) is 31.0 Å². The molecule has 1 unspecified atom stereocenters. The molecule has 4 rings (SSSR count). The summed E-state index contributed by atoms with van der Waals surface area (Å²) >= 11 is 1.60. The lowest BCUT2D eigenvalue weighted by Gasteiger charge is -2.30. The summed E-state index contributed by atoms with van der Waals surface area (Å²) in [5, 5.41) is 27.2. The Morgan fingerprint density at radius 3 is 2.21 bits per heavy atom. The van der Waals surface area contributed by atoms with Gasteiger partial charge in [0.2, 0.25) is 5.91 Å². The van der Waals surface area contributed by atoms with E-state index < -0.39 is 30.3 Å². The number of aromatic nitrogens is 2. The minimum Gasteiger partial charge on any atom is -0.441 e. The highest BCUT2D eigenvalue weighted by atomic mass is 32.1. The summed E-state index contributed by atoms with van der Waals surface area (Å²) in [5.74, 6) is 0.324. The smallest absolute Gasteiger partial charge is 0.407 e. The number of alkyl carbamates (subject to hydrolysis) is 1. The number of ether oxygens (including phenoxy) is 1. The number of thiazole rings is 1. The van der Waals surface area contributed by atoms with E-state index in [9.17, 15) is 19.5 Å². The Morgan fingerprint density at radius 2 is 1.60 bits per heavy atom. The number of aliphatic hydroxyl groups is 1. The molecule has 5 atom stereocenters. The summed E-state index contributed by atoms with van der Waals surface area (Å²) in [7, 11) is 1.68. The number of carbonyl (C=O) groups is 3. The standard InChI is InChI=1S/C39H52N6O6S/c1-6-27(4)19-35-41-31(25-52-35)23-45(5)38(48)44-36(26(2)3)37(47)42-30(20-28-13-9-7-10-14-28)22-34(46)33(21-29-15-11-8-12-16-29)43-39(49)50-24-32-17-18-40-51-32/h7-18,25-27,30,33-34,36,46H,6,19-24H2,1-5H3,(H,42,47)(H,43,49)(H,44,48)/t27?,30-,33-,34-,36-/m0/s1. The van der Waals surface area contributed by atoms with E-state index in [2.05, 4.69) is 35.0 Å². The molecule has 2 aromatic heterocycles. The number of rotatable bonds is 19. The van der Waals surface area contributed by atoms with Crippen LogP contribution in [0.5, 0.6) is 0 Å². The highest BCUT2D eigenvalue weighted by Crippen LogP contribution is 2.18. The molecule has 2 heterocycles. The third kappa shape index (κ3) is 13.1. The van der Waals surface area contributed by atoms with Crippen molar-refractivity contribution in [3.05, 3.63) is 106 Å². The van der Waals surface area contributed by atoms with Crippen molar-refractivity contribution in [2.24, 2.45) is 11.8 Å². The Balaban J connectivity index is 1.45. The molecule has 0 bridgehead atoms. The van der Waals surface area contributed by atoms with Gasteiger partial charge in [-0.2, -0.15) is 0 Å². The predicted molar refractivity (Wildman–Crippen MR) is 200 cm³/mol. The van der Waals surface area contributed by atoms with Crippen molar-refractivity contribution in [2.45, 2.75) is 97.2 Å². The fourth-order valence-electron chi connectivity index (χ4n) is 5.69. The van der Waals surface area contributed by atoms with Crippen molar-refractivity contribution in [2.75, 3.05) is 7.05 Å². The van der Waals surface area contributed by atoms with E-state index in [0.717, 1.165) is 34.7 Å². The molecule has 4 amide bonds. The fourth-order valence-corrected chi connectivity index (χ4v) is 6.64. The van der Waals surface area contributed by atoms with Crippen LogP contribution in [0.1, 0.15) is 68.1 Å². The van der Waals surface area contributed by atoms with E-state index >= 15 is 0 Å². The lowest BCUT2D eigenvalue weighted by atomic mass is 9.93. The van der Waals surface area contributed by atoms with Gasteiger partial charge >= 0.3 is 12.1 Å². The highest BCUT2D eigenvalue weighted by Gasteiger charge is 2.31. The molecular weight excluding hydrogens is 681 g/mol. The van der Waals surface area contributed by atoms with Crippen LogP contribution in [-0.2, 0) is 41.9 Å². The van der Waals surface area contributed by atoms with E-state index in [0.29, 0.717) is 31.1 Å². The number of hydrogen-bond donors (Lipinski definition) is 4. The topological polar surface area (TPSA) is 159 Å². The normalized spacial score (nSPS) is 14.1. The van der Waals surface area contributed by atoms with E-state index in [1.54, 1.807) is 24.5 Å². The third-order valence-corrected chi connectivity index (χ3v) is 9.81. The lowest BCUT2D eigenvalue weighted by molar-refractivity contribution is -0.124. The molecule has 0 fully saturated rings. The molecule has 0 aliphatic carbocycles. The Kier molecular flexibility index (Phi) is 15.6. The summed E-state index contributed by atoms with van der Waals surface area (Å²) in [6, 6.07) is 18.2. The summed E-state index contributed by atoms with van der Waals surface area (Å²) in [5.41, 5.74) is 2.67. The Bertz CT molecular complexity index is 1650. The number of nitrogens with one attached hydrogen (secondary N) is 3. The highest BCUT2D eigenvalue weighted by molar-refractivity contribution is 7.09. The molecule has 0 radical (unpaired) electrons. The first kappa shape index (κ1) is 40.0. The van der Waals surface area contributed by atoms with Crippen LogP contribution in [0.4, 0.5) is 9.59 Å². The second-order valence-corrected chi connectivity index (χ2v) is 14.6. The Morgan fingerprint density at radius 1 is 0.923 bits per heavy atom. The number of nitrogens with zero attached hydrogens (tertiary/aromatic N) is 3. The molecule has 280 valence electrons. The fraction of sp³-hybridized carbons (Fsp3) is 0.462.